The fourth-order valence-electron chi connectivity index (χ4n) is 3.00. The number of amides is 1. The molecule has 5 heteroatoms. The highest BCUT2D eigenvalue weighted by molar-refractivity contribution is 7.98. The summed E-state index contributed by atoms with van der Waals surface area (Å²) in [6.45, 7) is 4.31. The molecule has 1 amide bonds. The molecule has 0 saturated carbocycles. The number of nitrogens with one attached hydrogen (secondary N) is 2. The molecule has 4 rings (SSSR count). The lowest BCUT2D eigenvalue weighted by molar-refractivity contribution is 0.102. The maximum Gasteiger partial charge on any atom is 0.274 e. The zero-order chi connectivity index (χ0) is 17.4. The van der Waals surface area contributed by atoms with Crippen LogP contribution in [-0.4, -0.2) is 16.1 Å². The number of H-pyrrole nitrogens is 1. The van der Waals surface area contributed by atoms with Crippen LogP contribution < -0.4 is 5.32 Å². The van der Waals surface area contributed by atoms with E-state index in [0.29, 0.717) is 11.6 Å². The standard InChI is InChI=1S/C20H19N3OS/c1-12(2)13-7-9-14(10-8-13)21-20(24)19-16-11-25-17-6-4-3-5-15(17)18(16)22-23-19/h3-10,12H,11H2,1-2H3,(H,21,24)(H,22,23). The Bertz CT molecular complexity index is 928. The maximum absolute atomic E-state index is 12.7. The van der Waals surface area contributed by atoms with Crippen LogP contribution in [0.5, 0.6) is 0 Å². The lowest BCUT2D eigenvalue weighted by Crippen LogP contribution is -2.14. The average Bonchev–Trinajstić information content (AvgIpc) is 3.07. The number of benzene rings is 2. The average molecular weight is 349 g/mol. The predicted octanol–water partition coefficient (Wildman–Crippen LogP) is 5.06. The van der Waals surface area contributed by atoms with Gasteiger partial charge in [-0.2, -0.15) is 5.10 Å². The summed E-state index contributed by atoms with van der Waals surface area (Å²) in [5.74, 6) is 1.07. The second kappa shape index (κ2) is 6.41. The van der Waals surface area contributed by atoms with Gasteiger partial charge < -0.3 is 5.32 Å². The van der Waals surface area contributed by atoms with Crippen molar-refractivity contribution in [2.24, 2.45) is 0 Å². The monoisotopic (exact) mass is 349 g/mol. The summed E-state index contributed by atoms with van der Waals surface area (Å²) in [5.41, 5.74) is 5.54. The van der Waals surface area contributed by atoms with Gasteiger partial charge in [-0.25, -0.2) is 0 Å². The number of hydrogen-bond acceptors (Lipinski definition) is 3. The smallest absolute Gasteiger partial charge is 0.274 e. The third kappa shape index (κ3) is 2.96. The van der Waals surface area contributed by atoms with Crippen molar-refractivity contribution in [1.82, 2.24) is 10.2 Å². The highest BCUT2D eigenvalue weighted by Gasteiger charge is 2.25. The number of fused-ring (bicyclic) bond motifs is 3. The largest absolute Gasteiger partial charge is 0.321 e. The third-order valence-corrected chi connectivity index (χ3v) is 5.54. The minimum Gasteiger partial charge on any atom is -0.321 e. The van der Waals surface area contributed by atoms with Gasteiger partial charge in [0.1, 0.15) is 5.69 Å². The van der Waals surface area contributed by atoms with Gasteiger partial charge in [-0.3, -0.25) is 9.89 Å². The topological polar surface area (TPSA) is 57.8 Å². The Morgan fingerprint density at radius 2 is 1.92 bits per heavy atom. The first-order valence-electron chi connectivity index (χ1n) is 8.34. The van der Waals surface area contributed by atoms with Gasteiger partial charge in [0.05, 0.1) is 5.69 Å². The second-order valence-electron chi connectivity index (χ2n) is 6.44. The summed E-state index contributed by atoms with van der Waals surface area (Å²) in [5, 5.41) is 10.3. The van der Waals surface area contributed by atoms with Crippen LogP contribution in [0.2, 0.25) is 0 Å². The molecule has 4 nitrogen and oxygen atoms in total. The van der Waals surface area contributed by atoms with Crippen LogP contribution in [0.25, 0.3) is 11.3 Å². The molecule has 0 saturated heterocycles. The number of hydrogen-bond donors (Lipinski definition) is 2. The van der Waals surface area contributed by atoms with Gasteiger partial charge in [0, 0.05) is 27.5 Å². The van der Waals surface area contributed by atoms with Gasteiger partial charge >= 0.3 is 0 Å². The molecule has 1 aromatic heterocycles. The van der Waals surface area contributed by atoms with Crippen molar-refractivity contribution in [1.29, 1.82) is 0 Å². The Kier molecular flexibility index (Phi) is 4.09. The molecule has 0 fully saturated rings. The molecule has 2 heterocycles. The fraction of sp³-hybridized carbons (Fsp3) is 0.200. The summed E-state index contributed by atoms with van der Waals surface area (Å²) in [6, 6.07) is 16.2. The number of nitrogens with zero attached hydrogens (tertiary/aromatic N) is 1. The van der Waals surface area contributed by atoms with E-state index in [1.807, 2.05) is 30.3 Å². The number of aromatic amines is 1. The van der Waals surface area contributed by atoms with Crippen LogP contribution in [0, 0.1) is 0 Å². The molecule has 0 atom stereocenters. The molecule has 0 radical (unpaired) electrons. The van der Waals surface area contributed by atoms with E-state index in [4.69, 9.17) is 0 Å². The number of anilines is 1. The van der Waals surface area contributed by atoms with Gasteiger partial charge in [-0.15, -0.1) is 11.8 Å². The Morgan fingerprint density at radius 3 is 2.68 bits per heavy atom. The maximum atomic E-state index is 12.7. The number of thioether (sulfide) groups is 1. The zero-order valence-corrected chi connectivity index (χ0v) is 15.0. The van der Waals surface area contributed by atoms with E-state index in [1.54, 1.807) is 11.8 Å². The number of aromatic nitrogens is 2. The Morgan fingerprint density at radius 1 is 1.16 bits per heavy atom. The van der Waals surface area contributed by atoms with Crippen molar-refractivity contribution >= 4 is 23.4 Å². The van der Waals surface area contributed by atoms with Crippen molar-refractivity contribution < 1.29 is 4.79 Å². The summed E-state index contributed by atoms with van der Waals surface area (Å²) in [4.78, 5) is 13.9. The van der Waals surface area contributed by atoms with Crippen LogP contribution in [-0.2, 0) is 5.75 Å². The van der Waals surface area contributed by atoms with Crippen molar-refractivity contribution in [2.45, 2.75) is 30.4 Å². The van der Waals surface area contributed by atoms with E-state index < -0.39 is 0 Å². The van der Waals surface area contributed by atoms with E-state index >= 15 is 0 Å². The van der Waals surface area contributed by atoms with Crippen LogP contribution in [0.15, 0.2) is 53.4 Å². The van der Waals surface area contributed by atoms with Crippen LogP contribution in [0.4, 0.5) is 5.69 Å². The van der Waals surface area contributed by atoms with E-state index in [0.717, 1.165) is 28.3 Å². The van der Waals surface area contributed by atoms with Crippen LogP contribution >= 0.6 is 11.8 Å². The minimum absolute atomic E-state index is 0.147. The fourth-order valence-corrected chi connectivity index (χ4v) is 4.08. The lowest BCUT2D eigenvalue weighted by Gasteiger charge is -2.15. The minimum atomic E-state index is -0.147. The molecule has 2 aromatic carbocycles. The van der Waals surface area contributed by atoms with Crippen molar-refractivity contribution in [3.8, 4) is 11.3 Å². The summed E-state index contributed by atoms with van der Waals surface area (Å²) in [7, 11) is 0. The third-order valence-electron chi connectivity index (χ3n) is 4.44. The van der Waals surface area contributed by atoms with Crippen LogP contribution in [0.1, 0.15) is 41.4 Å². The highest BCUT2D eigenvalue weighted by Crippen LogP contribution is 2.41. The summed E-state index contributed by atoms with van der Waals surface area (Å²) in [6.07, 6.45) is 0. The molecular weight excluding hydrogens is 330 g/mol. The molecule has 126 valence electrons. The molecule has 25 heavy (non-hydrogen) atoms. The molecule has 0 spiro atoms. The van der Waals surface area contributed by atoms with Gasteiger partial charge in [0.2, 0.25) is 0 Å². The van der Waals surface area contributed by atoms with Crippen molar-refractivity contribution in [3.63, 3.8) is 0 Å². The Balaban J connectivity index is 1.59. The molecular formula is C20H19N3OS. The van der Waals surface area contributed by atoms with Gasteiger partial charge in [-0.1, -0.05) is 44.2 Å². The molecule has 0 unspecified atom stereocenters. The summed E-state index contributed by atoms with van der Waals surface area (Å²) < 4.78 is 0. The first kappa shape index (κ1) is 16.0. The zero-order valence-electron chi connectivity index (χ0n) is 14.2. The number of carbonyl (C=O) groups is 1. The molecule has 2 N–H and O–H groups in total. The van der Waals surface area contributed by atoms with Crippen molar-refractivity contribution in [2.75, 3.05) is 5.32 Å². The quantitative estimate of drug-likeness (QED) is 0.695. The number of rotatable bonds is 3. The lowest BCUT2D eigenvalue weighted by atomic mass is 10.0. The summed E-state index contributed by atoms with van der Waals surface area (Å²) >= 11 is 1.74. The van der Waals surface area contributed by atoms with E-state index in [1.165, 1.54) is 10.5 Å². The van der Waals surface area contributed by atoms with E-state index in [9.17, 15) is 4.79 Å². The number of carbonyl (C=O) groups excluding carboxylic acids is 1. The second-order valence-corrected chi connectivity index (χ2v) is 7.46. The molecule has 0 bridgehead atoms. The van der Waals surface area contributed by atoms with Gasteiger partial charge in [-0.05, 0) is 29.7 Å². The normalized spacial score (nSPS) is 12.6. The molecule has 1 aliphatic heterocycles. The molecule has 0 aliphatic carbocycles. The first-order valence-corrected chi connectivity index (χ1v) is 9.33. The predicted molar refractivity (Wildman–Crippen MR) is 102 cm³/mol. The SMILES string of the molecule is CC(C)c1ccc(NC(=O)c2[nH]nc3c2CSc2ccccc2-3)cc1. The Hall–Kier alpha value is -2.53. The van der Waals surface area contributed by atoms with Crippen LogP contribution in [0.3, 0.4) is 0 Å². The van der Waals surface area contributed by atoms with Crippen molar-refractivity contribution in [3.05, 3.63) is 65.4 Å². The molecule has 3 aromatic rings. The van der Waals surface area contributed by atoms with Gasteiger partial charge in [0.15, 0.2) is 0 Å². The highest BCUT2D eigenvalue weighted by atomic mass is 32.2. The molecule has 1 aliphatic rings. The first-order chi connectivity index (χ1) is 12.1. The van der Waals surface area contributed by atoms with E-state index in [2.05, 4.69) is 47.6 Å². The Labute approximate surface area is 151 Å². The van der Waals surface area contributed by atoms with Gasteiger partial charge in [0.25, 0.3) is 5.91 Å². The van der Waals surface area contributed by atoms with E-state index in [-0.39, 0.29) is 5.91 Å².